The molecule has 0 bridgehead atoms. The molecule has 29 heavy (non-hydrogen) atoms. The minimum absolute atomic E-state index is 0.00974. The van der Waals surface area contributed by atoms with Crippen LogP contribution >= 0.6 is 11.8 Å². The van der Waals surface area contributed by atoms with Crippen LogP contribution in [0.1, 0.15) is 34.3 Å². The summed E-state index contributed by atoms with van der Waals surface area (Å²) < 4.78 is 1.66. The van der Waals surface area contributed by atoms with Crippen molar-refractivity contribution < 1.29 is 9.59 Å². The van der Waals surface area contributed by atoms with Gasteiger partial charge in [-0.3, -0.25) is 9.59 Å². The highest BCUT2D eigenvalue weighted by molar-refractivity contribution is 7.99. The van der Waals surface area contributed by atoms with Crippen LogP contribution in [0, 0.1) is 13.8 Å². The molecule has 0 atom stereocenters. The number of hydrogen-bond donors (Lipinski definition) is 0. The minimum atomic E-state index is -0.00974. The average molecular weight is 407 g/mol. The van der Waals surface area contributed by atoms with E-state index in [-0.39, 0.29) is 17.4 Å². The zero-order valence-electron chi connectivity index (χ0n) is 16.3. The van der Waals surface area contributed by atoms with Gasteiger partial charge in [0, 0.05) is 24.2 Å². The predicted molar refractivity (Wildman–Crippen MR) is 112 cm³/mol. The van der Waals surface area contributed by atoms with E-state index < -0.39 is 0 Å². The second-order valence-electron chi connectivity index (χ2n) is 7.07. The monoisotopic (exact) mass is 407 g/mol. The fraction of sp³-hybridized carbons (Fsp3) is 0.286. The van der Waals surface area contributed by atoms with Gasteiger partial charge in [0.2, 0.25) is 11.1 Å². The van der Waals surface area contributed by atoms with Crippen molar-refractivity contribution in [1.29, 1.82) is 0 Å². The molecule has 1 amide bonds. The molecule has 4 rings (SSSR count). The molecule has 1 aliphatic rings. The number of rotatable bonds is 6. The molecule has 1 fully saturated rings. The molecule has 0 aliphatic carbocycles. The van der Waals surface area contributed by atoms with E-state index in [1.807, 2.05) is 38.1 Å². The number of amides is 1. The number of ketones is 1. The molecular formula is C21H21N5O2S. The average Bonchev–Trinajstić information content (AvgIpc) is 3.35. The highest BCUT2D eigenvalue weighted by Gasteiger charge is 2.22. The van der Waals surface area contributed by atoms with Gasteiger partial charge < -0.3 is 4.90 Å². The van der Waals surface area contributed by atoms with Gasteiger partial charge in [0.1, 0.15) is 0 Å². The molecule has 0 unspecified atom stereocenters. The lowest BCUT2D eigenvalue weighted by Crippen LogP contribution is -2.23. The van der Waals surface area contributed by atoms with Crippen LogP contribution in [0.25, 0.3) is 5.69 Å². The summed E-state index contributed by atoms with van der Waals surface area (Å²) in [5.41, 5.74) is 4.59. The molecular weight excluding hydrogens is 386 g/mol. The third-order valence-electron chi connectivity index (χ3n) is 4.93. The number of carbonyl (C=O) groups excluding carboxylic acids is 2. The van der Waals surface area contributed by atoms with Gasteiger partial charge in [-0.25, -0.2) is 0 Å². The number of tetrazole rings is 1. The highest BCUT2D eigenvalue weighted by atomic mass is 32.2. The number of thioether (sulfide) groups is 1. The van der Waals surface area contributed by atoms with E-state index in [0.29, 0.717) is 17.1 Å². The van der Waals surface area contributed by atoms with Crippen molar-refractivity contribution >= 4 is 29.1 Å². The number of carbonyl (C=O) groups is 2. The number of hydrogen-bond acceptors (Lipinski definition) is 6. The van der Waals surface area contributed by atoms with Crippen LogP contribution < -0.4 is 4.90 Å². The van der Waals surface area contributed by atoms with Crippen molar-refractivity contribution in [3.8, 4) is 5.69 Å². The third kappa shape index (κ3) is 4.07. The summed E-state index contributed by atoms with van der Waals surface area (Å²) in [5, 5.41) is 12.5. The lowest BCUT2D eigenvalue weighted by atomic mass is 10.1. The van der Waals surface area contributed by atoms with Gasteiger partial charge in [-0.1, -0.05) is 29.5 Å². The number of aryl methyl sites for hydroxylation is 2. The Hall–Kier alpha value is -3.00. The second-order valence-corrected chi connectivity index (χ2v) is 8.01. The van der Waals surface area contributed by atoms with E-state index >= 15 is 0 Å². The SMILES string of the molecule is Cc1ccc(-n2nnnc2SCC(=O)c2ccc(N3CCCC3=O)cc2)c(C)c1. The lowest BCUT2D eigenvalue weighted by Gasteiger charge is -2.15. The summed E-state index contributed by atoms with van der Waals surface area (Å²) in [6, 6.07) is 13.3. The Bertz CT molecular complexity index is 1060. The molecule has 2 heterocycles. The number of Topliss-reactive ketones (excluding diaryl/α,β-unsaturated/α-hetero) is 1. The zero-order valence-corrected chi connectivity index (χ0v) is 17.1. The molecule has 1 saturated heterocycles. The fourth-order valence-electron chi connectivity index (χ4n) is 3.42. The molecule has 7 nitrogen and oxygen atoms in total. The number of anilines is 1. The van der Waals surface area contributed by atoms with Gasteiger partial charge in [0.05, 0.1) is 11.4 Å². The van der Waals surface area contributed by atoms with Gasteiger partial charge in [0.15, 0.2) is 5.78 Å². The van der Waals surface area contributed by atoms with Gasteiger partial charge in [-0.2, -0.15) is 4.68 Å². The molecule has 1 aliphatic heterocycles. The Labute approximate surface area is 173 Å². The zero-order chi connectivity index (χ0) is 20.4. The number of aromatic nitrogens is 4. The number of nitrogens with zero attached hydrogens (tertiary/aromatic N) is 5. The first-order valence-electron chi connectivity index (χ1n) is 9.45. The summed E-state index contributed by atoms with van der Waals surface area (Å²) in [4.78, 5) is 26.2. The van der Waals surface area contributed by atoms with Crippen molar-refractivity contribution in [3.63, 3.8) is 0 Å². The van der Waals surface area contributed by atoms with E-state index in [9.17, 15) is 9.59 Å². The molecule has 1 aromatic heterocycles. The Morgan fingerprint density at radius 1 is 1.14 bits per heavy atom. The van der Waals surface area contributed by atoms with Crippen LogP contribution in [-0.2, 0) is 4.79 Å². The van der Waals surface area contributed by atoms with Crippen molar-refractivity contribution in [2.24, 2.45) is 0 Å². The van der Waals surface area contributed by atoms with E-state index in [0.717, 1.165) is 29.9 Å². The maximum absolute atomic E-state index is 12.6. The Balaban J connectivity index is 1.44. The number of benzene rings is 2. The fourth-order valence-corrected chi connectivity index (χ4v) is 4.20. The largest absolute Gasteiger partial charge is 0.312 e. The molecule has 2 aromatic carbocycles. The van der Waals surface area contributed by atoms with Crippen LogP contribution in [0.4, 0.5) is 5.69 Å². The Morgan fingerprint density at radius 3 is 2.62 bits per heavy atom. The van der Waals surface area contributed by atoms with Crippen LogP contribution in [0.2, 0.25) is 0 Å². The molecule has 0 radical (unpaired) electrons. The normalized spacial score (nSPS) is 13.9. The van der Waals surface area contributed by atoms with E-state index in [1.165, 1.54) is 17.3 Å². The van der Waals surface area contributed by atoms with Crippen molar-refractivity contribution in [3.05, 3.63) is 59.2 Å². The predicted octanol–water partition coefficient (Wildman–Crippen LogP) is 3.38. The lowest BCUT2D eigenvalue weighted by molar-refractivity contribution is -0.117. The maximum atomic E-state index is 12.6. The minimum Gasteiger partial charge on any atom is -0.312 e. The standard InChI is InChI=1S/C21H21N5O2S/c1-14-5-10-18(15(2)12-14)26-21(22-23-24-26)29-13-19(27)16-6-8-17(9-7-16)25-11-3-4-20(25)28/h5-10,12H,3-4,11,13H2,1-2H3. The van der Waals surface area contributed by atoms with Crippen molar-refractivity contribution in [1.82, 2.24) is 20.2 Å². The Kier molecular flexibility index (Phi) is 5.44. The smallest absolute Gasteiger partial charge is 0.227 e. The first kappa shape index (κ1) is 19.3. The maximum Gasteiger partial charge on any atom is 0.227 e. The molecule has 8 heteroatoms. The summed E-state index contributed by atoms with van der Waals surface area (Å²) in [6.45, 7) is 4.79. The Morgan fingerprint density at radius 2 is 1.93 bits per heavy atom. The molecule has 148 valence electrons. The summed E-state index contributed by atoms with van der Waals surface area (Å²) in [6.07, 6.45) is 1.47. The topological polar surface area (TPSA) is 81.0 Å². The van der Waals surface area contributed by atoms with Crippen LogP contribution in [0.15, 0.2) is 47.6 Å². The van der Waals surface area contributed by atoms with E-state index in [4.69, 9.17) is 0 Å². The second kappa shape index (κ2) is 8.16. The van der Waals surface area contributed by atoms with Crippen LogP contribution in [0.3, 0.4) is 0 Å². The molecule has 0 N–H and O–H groups in total. The third-order valence-corrected chi connectivity index (χ3v) is 5.85. The summed E-state index contributed by atoms with van der Waals surface area (Å²) in [5.74, 6) is 0.357. The van der Waals surface area contributed by atoms with Gasteiger partial charge in [0.25, 0.3) is 0 Å². The van der Waals surface area contributed by atoms with Crippen LogP contribution in [0.5, 0.6) is 0 Å². The highest BCUT2D eigenvalue weighted by Crippen LogP contribution is 2.24. The van der Waals surface area contributed by atoms with Crippen molar-refractivity contribution in [2.75, 3.05) is 17.2 Å². The molecule has 0 saturated carbocycles. The van der Waals surface area contributed by atoms with E-state index in [1.54, 1.807) is 21.7 Å². The van der Waals surface area contributed by atoms with E-state index in [2.05, 4.69) is 21.6 Å². The molecule has 0 spiro atoms. The summed E-state index contributed by atoms with van der Waals surface area (Å²) >= 11 is 1.31. The van der Waals surface area contributed by atoms with Gasteiger partial charge >= 0.3 is 0 Å². The van der Waals surface area contributed by atoms with Crippen LogP contribution in [-0.4, -0.2) is 44.2 Å². The van der Waals surface area contributed by atoms with Gasteiger partial charge in [-0.05, 0) is 66.6 Å². The summed E-state index contributed by atoms with van der Waals surface area (Å²) in [7, 11) is 0. The van der Waals surface area contributed by atoms with Crippen molar-refractivity contribution in [2.45, 2.75) is 31.8 Å². The molecule has 3 aromatic rings. The quantitative estimate of drug-likeness (QED) is 0.460. The first-order chi connectivity index (χ1) is 14.0. The first-order valence-corrected chi connectivity index (χ1v) is 10.4. The van der Waals surface area contributed by atoms with Gasteiger partial charge in [-0.15, -0.1) is 5.10 Å².